The number of anilines is 2. The van der Waals surface area contributed by atoms with Crippen molar-refractivity contribution in [1.82, 2.24) is 30.0 Å². The lowest BCUT2D eigenvalue weighted by Gasteiger charge is -2.16. The van der Waals surface area contributed by atoms with Gasteiger partial charge in [-0.15, -0.1) is 0 Å². The molecule has 0 saturated heterocycles. The normalized spacial score (nSPS) is 12.5. The van der Waals surface area contributed by atoms with E-state index in [1.807, 2.05) is 62.6 Å². The predicted molar refractivity (Wildman–Crippen MR) is 176 cm³/mol. The Kier molecular flexibility index (Phi) is 8.28. The fourth-order valence-electron chi connectivity index (χ4n) is 5.41. The van der Waals surface area contributed by atoms with Crippen LogP contribution in [0.2, 0.25) is 0 Å². The summed E-state index contributed by atoms with van der Waals surface area (Å²) in [5.41, 5.74) is 8.65. The fourth-order valence-corrected chi connectivity index (χ4v) is 5.41. The summed E-state index contributed by atoms with van der Waals surface area (Å²) in [7, 11) is 4.02. The highest BCUT2D eigenvalue weighted by Gasteiger charge is 2.17. The topological polar surface area (TPSA) is 118 Å². The average molecular weight is 593 g/mol. The Morgan fingerprint density at radius 2 is 1.80 bits per heavy atom. The van der Waals surface area contributed by atoms with E-state index in [4.69, 9.17) is 4.98 Å². The smallest absolute Gasteiger partial charge is 0.135 e. The van der Waals surface area contributed by atoms with Gasteiger partial charge in [-0.05, 0) is 86.1 Å². The van der Waals surface area contributed by atoms with Crippen molar-refractivity contribution >= 4 is 33.3 Å². The third-order valence-electron chi connectivity index (χ3n) is 7.49. The Bertz CT molecular complexity index is 1910. The Balaban J connectivity index is 1.33. The third kappa shape index (κ3) is 6.41. The minimum atomic E-state index is -0.659. The molecule has 4 heterocycles. The van der Waals surface area contributed by atoms with Crippen molar-refractivity contribution in [3.63, 3.8) is 0 Å². The van der Waals surface area contributed by atoms with Crippen LogP contribution < -0.4 is 10.6 Å². The SMILES string of the molecule is CC(C)CC(O)Nc1cncc(-c2ccc3[nH]nc(-c4cc5c(-c6cc(F)cc(NCCN(C)C)c6)cccc5[nH]4)c3n2)c1. The highest BCUT2D eigenvalue weighted by Crippen LogP contribution is 2.35. The molecule has 0 bridgehead atoms. The maximum absolute atomic E-state index is 14.7. The lowest BCUT2D eigenvalue weighted by Crippen LogP contribution is -2.20. The summed E-state index contributed by atoms with van der Waals surface area (Å²) in [6.07, 6.45) is 3.42. The zero-order valence-electron chi connectivity index (χ0n) is 25.3. The number of pyridine rings is 2. The molecule has 4 aromatic heterocycles. The molecule has 44 heavy (non-hydrogen) atoms. The van der Waals surface area contributed by atoms with Crippen LogP contribution in [0.3, 0.4) is 0 Å². The third-order valence-corrected chi connectivity index (χ3v) is 7.49. The lowest BCUT2D eigenvalue weighted by molar-refractivity contribution is 0.176. The highest BCUT2D eigenvalue weighted by atomic mass is 19.1. The van der Waals surface area contributed by atoms with Gasteiger partial charge in [-0.2, -0.15) is 5.10 Å². The van der Waals surface area contributed by atoms with E-state index >= 15 is 0 Å². The zero-order chi connectivity index (χ0) is 30.8. The quantitative estimate of drug-likeness (QED) is 0.106. The average Bonchev–Trinajstić information content (AvgIpc) is 3.60. The van der Waals surface area contributed by atoms with E-state index in [0.29, 0.717) is 30.1 Å². The molecular formula is C34H37FN8O. The molecule has 1 unspecified atom stereocenters. The number of halogens is 1. The second kappa shape index (κ2) is 12.4. The number of aliphatic hydroxyl groups excluding tert-OH is 1. The summed E-state index contributed by atoms with van der Waals surface area (Å²) in [5.74, 6) is 0.0696. The maximum Gasteiger partial charge on any atom is 0.135 e. The number of rotatable bonds is 11. The molecule has 0 fully saturated rings. The number of fused-ring (bicyclic) bond motifs is 2. The van der Waals surface area contributed by atoms with Crippen molar-refractivity contribution < 1.29 is 9.50 Å². The first kappa shape index (κ1) is 29.3. The van der Waals surface area contributed by atoms with E-state index in [1.54, 1.807) is 18.5 Å². The Morgan fingerprint density at radius 3 is 2.61 bits per heavy atom. The van der Waals surface area contributed by atoms with Gasteiger partial charge in [0.25, 0.3) is 0 Å². The lowest BCUT2D eigenvalue weighted by atomic mass is 10.0. The van der Waals surface area contributed by atoms with Crippen LogP contribution in [0.15, 0.2) is 73.1 Å². The second-order valence-corrected chi connectivity index (χ2v) is 11.8. The summed E-state index contributed by atoms with van der Waals surface area (Å²) in [5, 5.41) is 25.5. The Hall–Kier alpha value is -4.80. The maximum atomic E-state index is 14.7. The number of H-pyrrole nitrogens is 2. The molecule has 5 N–H and O–H groups in total. The van der Waals surface area contributed by atoms with Crippen LogP contribution in [0.25, 0.3) is 55.7 Å². The van der Waals surface area contributed by atoms with E-state index in [2.05, 4.69) is 49.5 Å². The molecule has 0 aliphatic rings. The van der Waals surface area contributed by atoms with Crippen LogP contribution in [0.1, 0.15) is 20.3 Å². The summed E-state index contributed by atoms with van der Waals surface area (Å²) in [6, 6.07) is 18.9. The molecule has 1 atom stereocenters. The van der Waals surface area contributed by atoms with Crippen molar-refractivity contribution in [2.24, 2.45) is 5.92 Å². The number of benzene rings is 2. The molecule has 0 aliphatic carbocycles. The molecule has 9 nitrogen and oxygen atoms in total. The van der Waals surface area contributed by atoms with Crippen molar-refractivity contribution in [2.45, 2.75) is 26.5 Å². The molecule has 226 valence electrons. The van der Waals surface area contributed by atoms with E-state index in [9.17, 15) is 9.50 Å². The zero-order valence-corrected chi connectivity index (χ0v) is 25.3. The number of aromatic amines is 2. The van der Waals surface area contributed by atoms with Gasteiger partial charge in [-0.1, -0.05) is 26.0 Å². The van der Waals surface area contributed by atoms with Gasteiger partial charge < -0.3 is 25.6 Å². The molecule has 6 rings (SSSR count). The number of hydrogen-bond donors (Lipinski definition) is 5. The Morgan fingerprint density at radius 1 is 0.955 bits per heavy atom. The first-order chi connectivity index (χ1) is 21.2. The molecule has 0 saturated carbocycles. The van der Waals surface area contributed by atoms with Crippen LogP contribution in [-0.2, 0) is 0 Å². The second-order valence-electron chi connectivity index (χ2n) is 11.8. The van der Waals surface area contributed by atoms with Crippen LogP contribution in [0.5, 0.6) is 0 Å². The highest BCUT2D eigenvalue weighted by molar-refractivity contribution is 6.00. The molecule has 10 heteroatoms. The minimum absolute atomic E-state index is 0.291. The largest absolute Gasteiger partial charge is 0.384 e. The number of likely N-dealkylation sites (N-methyl/N-ethyl adjacent to an activating group) is 1. The summed E-state index contributed by atoms with van der Waals surface area (Å²) in [4.78, 5) is 14.9. The first-order valence-electron chi connectivity index (χ1n) is 14.8. The van der Waals surface area contributed by atoms with Gasteiger partial charge >= 0.3 is 0 Å². The van der Waals surface area contributed by atoms with Crippen molar-refractivity contribution in [3.05, 3.63) is 78.9 Å². The predicted octanol–water partition coefficient (Wildman–Crippen LogP) is 6.72. The minimum Gasteiger partial charge on any atom is -0.384 e. The van der Waals surface area contributed by atoms with Gasteiger partial charge in [-0.3, -0.25) is 10.1 Å². The molecule has 0 aliphatic heterocycles. The van der Waals surface area contributed by atoms with Crippen molar-refractivity contribution in [1.29, 1.82) is 0 Å². The van der Waals surface area contributed by atoms with Gasteiger partial charge in [0.15, 0.2) is 0 Å². The van der Waals surface area contributed by atoms with E-state index in [1.165, 1.54) is 6.07 Å². The van der Waals surface area contributed by atoms with E-state index in [0.717, 1.165) is 62.4 Å². The van der Waals surface area contributed by atoms with Gasteiger partial charge in [0.05, 0.1) is 28.8 Å². The molecule has 6 aromatic rings. The number of aromatic nitrogens is 5. The van der Waals surface area contributed by atoms with Crippen LogP contribution in [0, 0.1) is 11.7 Å². The van der Waals surface area contributed by atoms with Crippen molar-refractivity contribution in [3.8, 4) is 33.8 Å². The first-order valence-corrected chi connectivity index (χ1v) is 14.8. The standard InChI is InChI=1S/C34H37FN8O/c1-20(2)12-32(44)38-25-15-22(18-36-19-25)28-8-9-30-33(40-28)34(42-41-30)31-17-27-26(6-5-7-29(27)39-31)21-13-23(35)16-24(14-21)37-10-11-43(3)4/h5-9,13-20,32,37-39,44H,10-12H2,1-4H3,(H,41,42). The van der Waals surface area contributed by atoms with Crippen molar-refractivity contribution in [2.75, 3.05) is 37.8 Å². The summed E-state index contributed by atoms with van der Waals surface area (Å²) >= 11 is 0. The Labute approximate surface area is 255 Å². The fraction of sp³-hybridized carbons (Fsp3) is 0.265. The number of nitrogens with one attached hydrogen (secondary N) is 4. The molecule has 0 radical (unpaired) electrons. The summed E-state index contributed by atoms with van der Waals surface area (Å²) < 4.78 is 14.7. The molecule has 2 aromatic carbocycles. The number of nitrogens with zero attached hydrogens (tertiary/aromatic N) is 4. The summed E-state index contributed by atoms with van der Waals surface area (Å²) in [6.45, 7) is 5.69. The number of aliphatic hydroxyl groups is 1. The number of hydrogen-bond acceptors (Lipinski definition) is 7. The molecule has 0 spiro atoms. The van der Waals surface area contributed by atoms with Crippen LogP contribution in [0.4, 0.5) is 15.8 Å². The molecular weight excluding hydrogens is 555 g/mol. The van der Waals surface area contributed by atoms with Crippen LogP contribution >= 0.6 is 0 Å². The van der Waals surface area contributed by atoms with E-state index in [-0.39, 0.29) is 5.82 Å². The van der Waals surface area contributed by atoms with Gasteiger partial charge in [0, 0.05) is 41.4 Å². The van der Waals surface area contributed by atoms with Gasteiger partial charge in [0.2, 0.25) is 0 Å². The van der Waals surface area contributed by atoms with Gasteiger partial charge in [0.1, 0.15) is 23.3 Å². The van der Waals surface area contributed by atoms with E-state index < -0.39 is 6.23 Å². The van der Waals surface area contributed by atoms with Gasteiger partial charge in [-0.25, -0.2) is 9.37 Å². The molecule has 0 amide bonds. The monoisotopic (exact) mass is 592 g/mol. The van der Waals surface area contributed by atoms with Crippen LogP contribution in [-0.4, -0.2) is 68.6 Å².